The lowest BCUT2D eigenvalue weighted by molar-refractivity contribution is -0.120. The first-order valence-corrected chi connectivity index (χ1v) is 8.41. The fourth-order valence-corrected chi connectivity index (χ4v) is 3.60. The zero-order chi connectivity index (χ0) is 16.4. The van der Waals surface area contributed by atoms with Crippen LogP contribution in [-0.4, -0.2) is 38.8 Å². The summed E-state index contributed by atoms with van der Waals surface area (Å²) in [6, 6.07) is 0.958. The number of hydrogen-bond acceptors (Lipinski definition) is 4. The Hall–Kier alpha value is -0.900. The smallest absolute Gasteiger partial charge is 0.246 e. The molecule has 6 nitrogen and oxygen atoms in total. The van der Waals surface area contributed by atoms with Crippen molar-refractivity contribution in [2.24, 2.45) is 0 Å². The summed E-state index contributed by atoms with van der Waals surface area (Å²) in [6.45, 7) is 1.09. The molecule has 1 amide bonds. The van der Waals surface area contributed by atoms with E-state index in [1.807, 2.05) is 0 Å². The number of nitrogens with two attached hydrogens (primary N) is 1. The number of anilines is 1. The van der Waals surface area contributed by atoms with E-state index in [9.17, 15) is 17.6 Å². The number of carbonyl (C=O) groups is 1. The minimum absolute atomic E-state index is 0.0111. The Labute approximate surface area is 135 Å². The molecule has 0 saturated heterocycles. The number of halogens is 3. The van der Waals surface area contributed by atoms with Crippen LogP contribution in [0.5, 0.6) is 0 Å². The molecule has 118 valence electrons. The van der Waals surface area contributed by atoms with Gasteiger partial charge in [-0.3, -0.25) is 4.79 Å². The Bertz CT molecular complexity index is 669. The molecule has 0 bridgehead atoms. The van der Waals surface area contributed by atoms with Gasteiger partial charge in [-0.1, -0.05) is 18.5 Å². The van der Waals surface area contributed by atoms with Gasteiger partial charge in [-0.25, -0.2) is 12.8 Å². The van der Waals surface area contributed by atoms with Crippen LogP contribution in [0.25, 0.3) is 0 Å². The summed E-state index contributed by atoms with van der Waals surface area (Å²) in [5.41, 5.74) is 5.08. The maximum atomic E-state index is 14.1. The molecule has 0 spiro atoms. The first-order chi connectivity index (χ1) is 9.66. The van der Waals surface area contributed by atoms with Crippen molar-refractivity contribution in [2.45, 2.75) is 11.8 Å². The van der Waals surface area contributed by atoms with Gasteiger partial charge in [0, 0.05) is 13.6 Å². The topological polar surface area (TPSA) is 92.5 Å². The SMILES string of the molecule is CCN(CC(=O)NC)S(=O)(=O)c1cc(Cl)c(Br)c(N)c1F. The first-order valence-electron chi connectivity index (χ1n) is 5.80. The molecule has 21 heavy (non-hydrogen) atoms. The fourth-order valence-electron chi connectivity index (χ4n) is 1.53. The second-order valence-electron chi connectivity index (χ2n) is 4.00. The average Bonchev–Trinajstić information content (AvgIpc) is 2.45. The second kappa shape index (κ2) is 6.91. The van der Waals surface area contributed by atoms with Crippen molar-refractivity contribution in [2.75, 3.05) is 25.9 Å². The van der Waals surface area contributed by atoms with E-state index in [0.29, 0.717) is 0 Å². The number of hydrogen-bond donors (Lipinski definition) is 2. The molecule has 0 aliphatic carbocycles. The van der Waals surface area contributed by atoms with Gasteiger partial charge in [0.15, 0.2) is 5.82 Å². The molecule has 1 aromatic rings. The van der Waals surface area contributed by atoms with E-state index in [0.717, 1.165) is 10.4 Å². The molecule has 0 saturated carbocycles. The monoisotopic (exact) mass is 401 g/mol. The van der Waals surface area contributed by atoms with Gasteiger partial charge in [-0.2, -0.15) is 4.31 Å². The molecule has 1 rings (SSSR count). The number of sulfonamides is 1. The molecule has 0 fully saturated rings. The molecular weight excluding hydrogens is 389 g/mol. The number of likely N-dealkylation sites (N-methyl/N-ethyl adjacent to an activating group) is 2. The van der Waals surface area contributed by atoms with Gasteiger partial charge in [-0.15, -0.1) is 0 Å². The first kappa shape index (κ1) is 18.1. The zero-order valence-corrected chi connectivity index (χ0v) is 14.4. The van der Waals surface area contributed by atoms with Crippen LogP contribution in [-0.2, 0) is 14.8 Å². The second-order valence-corrected chi connectivity index (χ2v) is 7.11. The lowest BCUT2D eigenvalue weighted by Crippen LogP contribution is -2.39. The summed E-state index contributed by atoms with van der Waals surface area (Å²) < 4.78 is 39.9. The molecule has 0 radical (unpaired) electrons. The summed E-state index contributed by atoms with van der Waals surface area (Å²) in [4.78, 5) is 10.7. The van der Waals surface area contributed by atoms with Crippen LogP contribution in [0.15, 0.2) is 15.4 Å². The van der Waals surface area contributed by atoms with Crippen molar-refractivity contribution in [1.82, 2.24) is 9.62 Å². The van der Waals surface area contributed by atoms with E-state index < -0.39 is 38.9 Å². The predicted molar refractivity (Wildman–Crippen MR) is 82.0 cm³/mol. The Kier molecular flexibility index (Phi) is 5.97. The maximum absolute atomic E-state index is 14.1. The predicted octanol–water partition coefficient (Wildman–Crippen LogP) is 1.58. The van der Waals surface area contributed by atoms with Crippen molar-refractivity contribution >= 4 is 49.1 Å². The average molecular weight is 403 g/mol. The molecule has 3 N–H and O–H groups in total. The Morgan fingerprint density at radius 2 is 2.14 bits per heavy atom. The van der Waals surface area contributed by atoms with Crippen molar-refractivity contribution in [3.63, 3.8) is 0 Å². The van der Waals surface area contributed by atoms with Crippen LogP contribution < -0.4 is 11.1 Å². The molecular formula is C11H14BrClFN3O3S. The third kappa shape index (κ3) is 3.65. The molecule has 10 heteroatoms. The summed E-state index contributed by atoms with van der Waals surface area (Å²) in [7, 11) is -2.86. The molecule has 0 aliphatic rings. The number of nitrogens with zero attached hydrogens (tertiary/aromatic N) is 1. The highest BCUT2D eigenvalue weighted by Gasteiger charge is 2.30. The Balaban J connectivity index is 3.39. The van der Waals surface area contributed by atoms with Crippen LogP contribution in [0.2, 0.25) is 5.02 Å². The standard InChI is InChI=1S/C11H14BrClFN3O3S/c1-3-17(5-8(18)16-2)21(19,20)7-4-6(13)9(12)11(15)10(7)14/h4H,3,5,15H2,1-2H3,(H,16,18). The van der Waals surface area contributed by atoms with E-state index in [1.165, 1.54) is 14.0 Å². The van der Waals surface area contributed by atoms with E-state index in [1.54, 1.807) is 0 Å². The number of rotatable bonds is 5. The van der Waals surface area contributed by atoms with Crippen LogP contribution in [0.1, 0.15) is 6.92 Å². The van der Waals surface area contributed by atoms with Crippen LogP contribution in [0, 0.1) is 5.82 Å². The number of amides is 1. The normalized spacial score (nSPS) is 11.7. The van der Waals surface area contributed by atoms with Gasteiger partial charge >= 0.3 is 0 Å². The number of nitrogens with one attached hydrogen (secondary N) is 1. The van der Waals surface area contributed by atoms with Crippen LogP contribution in [0.3, 0.4) is 0 Å². The van der Waals surface area contributed by atoms with Crippen molar-refractivity contribution in [3.05, 3.63) is 21.4 Å². The molecule has 0 aliphatic heterocycles. The highest BCUT2D eigenvalue weighted by Crippen LogP contribution is 2.35. The highest BCUT2D eigenvalue weighted by atomic mass is 79.9. The van der Waals surface area contributed by atoms with Gasteiger partial charge in [-0.05, 0) is 22.0 Å². The zero-order valence-electron chi connectivity index (χ0n) is 11.3. The van der Waals surface area contributed by atoms with Gasteiger partial charge in [0.25, 0.3) is 0 Å². The van der Waals surface area contributed by atoms with Gasteiger partial charge < -0.3 is 11.1 Å². The fraction of sp³-hybridized carbons (Fsp3) is 0.364. The summed E-state index contributed by atoms with van der Waals surface area (Å²) in [6.07, 6.45) is 0. The number of benzene rings is 1. The molecule has 0 heterocycles. The molecule has 0 atom stereocenters. The Morgan fingerprint density at radius 1 is 1.57 bits per heavy atom. The lowest BCUT2D eigenvalue weighted by atomic mass is 10.3. The largest absolute Gasteiger partial charge is 0.395 e. The van der Waals surface area contributed by atoms with E-state index in [4.69, 9.17) is 17.3 Å². The molecule has 0 aromatic heterocycles. The number of nitrogen functional groups attached to an aromatic ring is 1. The summed E-state index contributed by atoms with van der Waals surface area (Å²) >= 11 is 8.79. The summed E-state index contributed by atoms with van der Waals surface area (Å²) in [5, 5.41) is 2.26. The van der Waals surface area contributed by atoms with Crippen molar-refractivity contribution in [3.8, 4) is 0 Å². The lowest BCUT2D eigenvalue weighted by Gasteiger charge is -2.20. The van der Waals surface area contributed by atoms with Crippen LogP contribution in [0.4, 0.5) is 10.1 Å². The van der Waals surface area contributed by atoms with Gasteiger partial charge in [0.05, 0.1) is 21.7 Å². The molecule has 0 unspecified atom stereocenters. The quantitative estimate of drug-likeness (QED) is 0.578. The number of carbonyl (C=O) groups excluding carboxylic acids is 1. The third-order valence-electron chi connectivity index (χ3n) is 2.73. The highest BCUT2D eigenvalue weighted by molar-refractivity contribution is 9.10. The van der Waals surface area contributed by atoms with Crippen LogP contribution >= 0.6 is 27.5 Å². The maximum Gasteiger partial charge on any atom is 0.246 e. The summed E-state index contributed by atoms with van der Waals surface area (Å²) in [5.74, 6) is -1.63. The minimum atomic E-state index is -4.24. The third-order valence-corrected chi connectivity index (χ3v) is 6.03. The van der Waals surface area contributed by atoms with E-state index in [-0.39, 0.29) is 16.0 Å². The van der Waals surface area contributed by atoms with Crippen molar-refractivity contribution in [1.29, 1.82) is 0 Å². The van der Waals surface area contributed by atoms with Gasteiger partial charge in [0.2, 0.25) is 15.9 Å². The van der Waals surface area contributed by atoms with E-state index in [2.05, 4.69) is 21.2 Å². The van der Waals surface area contributed by atoms with E-state index >= 15 is 0 Å². The Morgan fingerprint density at radius 3 is 2.62 bits per heavy atom. The van der Waals surface area contributed by atoms with Gasteiger partial charge in [0.1, 0.15) is 4.90 Å². The minimum Gasteiger partial charge on any atom is -0.395 e. The van der Waals surface area contributed by atoms with Crippen molar-refractivity contribution < 1.29 is 17.6 Å². The molecule has 1 aromatic carbocycles.